The van der Waals surface area contributed by atoms with E-state index in [1.165, 1.54) is 0 Å². The molecule has 0 fully saturated rings. The summed E-state index contributed by atoms with van der Waals surface area (Å²) in [5.74, 6) is -0.113. The van der Waals surface area contributed by atoms with Crippen molar-refractivity contribution in [3.63, 3.8) is 0 Å². The molecule has 1 aromatic carbocycles. The van der Waals surface area contributed by atoms with Gasteiger partial charge in [-0.25, -0.2) is 0 Å². The molecule has 1 amide bonds. The highest BCUT2D eigenvalue weighted by Crippen LogP contribution is 2.13. The first-order valence-electron chi connectivity index (χ1n) is 6.09. The van der Waals surface area contributed by atoms with Gasteiger partial charge in [0, 0.05) is 23.6 Å². The first-order chi connectivity index (χ1) is 8.74. The largest absolute Gasteiger partial charge is 0.396 e. The monoisotopic (exact) mass is 247 g/mol. The van der Waals surface area contributed by atoms with Gasteiger partial charge in [0.15, 0.2) is 0 Å². The fourth-order valence-corrected chi connectivity index (χ4v) is 1.89. The number of benzene rings is 1. The van der Waals surface area contributed by atoms with Crippen molar-refractivity contribution in [1.82, 2.24) is 15.5 Å². The van der Waals surface area contributed by atoms with Gasteiger partial charge in [0.1, 0.15) is 0 Å². The molecule has 3 N–H and O–H groups in total. The van der Waals surface area contributed by atoms with Gasteiger partial charge in [-0.2, -0.15) is 5.10 Å². The van der Waals surface area contributed by atoms with Crippen LogP contribution in [-0.2, 0) is 0 Å². The van der Waals surface area contributed by atoms with Crippen LogP contribution in [0.1, 0.15) is 30.1 Å². The summed E-state index contributed by atoms with van der Waals surface area (Å²) in [5, 5.41) is 19.5. The van der Waals surface area contributed by atoms with E-state index in [4.69, 9.17) is 5.11 Å². The minimum absolute atomic E-state index is 0.0162. The van der Waals surface area contributed by atoms with Gasteiger partial charge >= 0.3 is 0 Å². The summed E-state index contributed by atoms with van der Waals surface area (Å²) in [5.41, 5.74) is 1.52. The summed E-state index contributed by atoms with van der Waals surface area (Å²) < 4.78 is 0. The zero-order valence-corrected chi connectivity index (χ0v) is 10.3. The number of aromatic nitrogens is 2. The topological polar surface area (TPSA) is 78.0 Å². The normalized spacial score (nSPS) is 12.6. The Bertz CT molecular complexity index is 536. The van der Waals surface area contributed by atoms with Crippen LogP contribution in [0.3, 0.4) is 0 Å². The van der Waals surface area contributed by atoms with Crippen LogP contribution in [-0.4, -0.2) is 33.9 Å². The Balaban J connectivity index is 2.12. The van der Waals surface area contributed by atoms with Crippen molar-refractivity contribution < 1.29 is 9.90 Å². The summed E-state index contributed by atoms with van der Waals surface area (Å²) >= 11 is 0. The van der Waals surface area contributed by atoms with Crippen LogP contribution in [0.5, 0.6) is 0 Å². The van der Waals surface area contributed by atoms with Crippen LogP contribution in [0.25, 0.3) is 10.9 Å². The van der Waals surface area contributed by atoms with Gasteiger partial charge in [0.2, 0.25) is 0 Å². The Morgan fingerprint density at radius 3 is 3.11 bits per heavy atom. The first-order valence-corrected chi connectivity index (χ1v) is 6.09. The Morgan fingerprint density at radius 1 is 1.56 bits per heavy atom. The molecule has 2 rings (SSSR count). The van der Waals surface area contributed by atoms with E-state index in [-0.39, 0.29) is 18.6 Å². The van der Waals surface area contributed by atoms with E-state index in [2.05, 4.69) is 15.5 Å². The molecule has 0 aliphatic carbocycles. The zero-order valence-electron chi connectivity index (χ0n) is 10.3. The number of hydrogen-bond donors (Lipinski definition) is 3. The fourth-order valence-electron chi connectivity index (χ4n) is 1.89. The molecule has 5 heteroatoms. The summed E-state index contributed by atoms with van der Waals surface area (Å²) in [6.45, 7) is 2.07. The SMILES string of the molecule is CCC(CCO)NC(=O)c1ccc2[nH]ncc2c1. The second kappa shape index (κ2) is 5.64. The first kappa shape index (κ1) is 12.6. The molecule has 1 unspecified atom stereocenters. The van der Waals surface area contributed by atoms with Crippen LogP contribution in [0, 0.1) is 0 Å². The second-order valence-corrected chi connectivity index (χ2v) is 4.26. The van der Waals surface area contributed by atoms with E-state index in [1.807, 2.05) is 13.0 Å². The molecular weight excluding hydrogens is 230 g/mol. The molecule has 0 bridgehead atoms. The van der Waals surface area contributed by atoms with Crippen molar-refractivity contribution in [3.8, 4) is 0 Å². The number of nitrogens with one attached hydrogen (secondary N) is 2. The number of amides is 1. The van der Waals surface area contributed by atoms with Gasteiger partial charge in [-0.1, -0.05) is 6.92 Å². The maximum Gasteiger partial charge on any atom is 0.251 e. The number of aliphatic hydroxyl groups excluding tert-OH is 1. The molecule has 1 aromatic heterocycles. The molecule has 0 aliphatic rings. The van der Waals surface area contributed by atoms with Crippen molar-refractivity contribution in [1.29, 1.82) is 0 Å². The van der Waals surface area contributed by atoms with Crippen LogP contribution >= 0.6 is 0 Å². The molecule has 0 saturated heterocycles. The summed E-state index contributed by atoms with van der Waals surface area (Å²) in [6, 6.07) is 5.42. The molecule has 1 atom stereocenters. The van der Waals surface area contributed by atoms with Crippen molar-refractivity contribution in [3.05, 3.63) is 30.0 Å². The van der Waals surface area contributed by atoms with Crippen LogP contribution < -0.4 is 5.32 Å². The molecule has 0 saturated carbocycles. The second-order valence-electron chi connectivity index (χ2n) is 4.26. The maximum absolute atomic E-state index is 12.0. The van der Waals surface area contributed by atoms with E-state index in [0.717, 1.165) is 17.3 Å². The number of fused-ring (bicyclic) bond motifs is 1. The quantitative estimate of drug-likeness (QED) is 0.748. The Morgan fingerprint density at radius 2 is 2.39 bits per heavy atom. The van der Waals surface area contributed by atoms with Gasteiger partial charge in [0.05, 0.1) is 11.7 Å². The number of carbonyl (C=O) groups is 1. The molecule has 96 valence electrons. The number of rotatable bonds is 5. The van der Waals surface area contributed by atoms with Crippen LogP contribution in [0.15, 0.2) is 24.4 Å². The Hall–Kier alpha value is -1.88. The standard InChI is InChI=1S/C13H17N3O2/c1-2-11(5-6-17)15-13(18)9-3-4-12-10(7-9)8-14-16-12/h3-4,7-8,11,17H,2,5-6H2,1H3,(H,14,16)(H,15,18). The molecule has 18 heavy (non-hydrogen) atoms. The zero-order chi connectivity index (χ0) is 13.0. The lowest BCUT2D eigenvalue weighted by atomic mass is 10.1. The lowest BCUT2D eigenvalue weighted by Crippen LogP contribution is -2.35. The van der Waals surface area contributed by atoms with Gasteiger partial charge in [0.25, 0.3) is 5.91 Å². The molecule has 1 heterocycles. The van der Waals surface area contributed by atoms with Crippen molar-refractivity contribution in [2.24, 2.45) is 0 Å². The smallest absolute Gasteiger partial charge is 0.251 e. The van der Waals surface area contributed by atoms with E-state index < -0.39 is 0 Å². The third kappa shape index (κ3) is 2.68. The molecule has 0 radical (unpaired) electrons. The summed E-state index contributed by atoms with van der Waals surface area (Å²) in [4.78, 5) is 12.0. The third-order valence-electron chi connectivity index (χ3n) is 3.01. The van der Waals surface area contributed by atoms with Crippen molar-refractivity contribution >= 4 is 16.8 Å². The predicted molar refractivity (Wildman–Crippen MR) is 69.3 cm³/mol. The van der Waals surface area contributed by atoms with E-state index in [9.17, 15) is 4.79 Å². The van der Waals surface area contributed by atoms with Gasteiger partial charge in [-0.15, -0.1) is 0 Å². The average Bonchev–Trinajstić information content (AvgIpc) is 2.85. The number of nitrogens with zero attached hydrogens (tertiary/aromatic N) is 1. The number of hydrogen-bond acceptors (Lipinski definition) is 3. The Kier molecular flexibility index (Phi) is 3.94. The fraction of sp³-hybridized carbons (Fsp3) is 0.385. The predicted octanol–water partition coefficient (Wildman–Crippen LogP) is 1.45. The van der Waals surface area contributed by atoms with Crippen LogP contribution in [0.4, 0.5) is 0 Å². The minimum atomic E-state index is -0.113. The molecular formula is C13H17N3O2. The lowest BCUT2D eigenvalue weighted by Gasteiger charge is -2.15. The third-order valence-corrected chi connectivity index (χ3v) is 3.01. The maximum atomic E-state index is 12.0. The summed E-state index contributed by atoms with van der Waals surface area (Å²) in [7, 11) is 0. The molecule has 5 nitrogen and oxygen atoms in total. The Labute approximate surface area is 105 Å². The molecule has 0 spiro atoms. The van der Waals surface area contributed by atoms with Crippen molar-refractivity contribution in [2.45, 2.75) is 25.8 Å². The molecule has 0 aliphatic heterocycles. The van der Waals surface area contributed by atoms with Gasteiger partial charge in [-0.3, -0.25) is 9.89 Å². The highest BCUT2D eigenvalue weighted by molar-refractivity contribution is 5.97. The molecule has 2 aromatic rings. The van der Waals surface area contributed by atoms with E-state index in [1.54, 1.807) is 18.3 Å². The van der Waals surface area contributed by atoms with Gasteiger partial charge in [-0.05, 0) is 31.0 Å². The van der Waals surface area contributed by atoms with Gasteiger partial charge < -0.3 is 10.4 Å². The highest BCUT2D eigenvalue weighted by atomic mass is 16.3. The highest BCUT2D eigenvalue weighted by Gasteiger charge is 2.12. The average molecular weight is 247 g/mol. The number of aromatic amines is 1. The lowest BCUT2D eigenvalue weighted by molar-refractivity contribution is 0.0929. The minimum Gasteiger partial charge on any atom is -0.396 e. The number of aliphatic hydroxyl groups is 1. The van der Waals surface area contributed by atoms with Crippen LogP contribution in [0.2, 0.25) is 0 Å². The van der Waals surface area contributed by atoms with E-state index in [0.29, 0.717) is 12.0 Å². The number of carbonyl (C=O) groups excluding carboxylic acids is 1. The van der Waals surface area contributed by atoms with E-state index >= 15 is 0 Å². The van der Waals surface area contributed by atoms with Crippen molar-refractivity contribution in [2.75, 3.05) is 6.61 Å². The summed E-state index contributed by atoms with van der Waals surface area (Å²) in [6.07, 6.45) is 3.08. The number of H-pyrrole nitrogens is 1.